The number of benzene rings is 2. The Hall–Kier alpha value is -2.91. The van der Waals surface area contributed by atoms with Crippen LogP contribution in [0.3, 0.4) is 0 Å². The van der Waals surface area contributed by atoms with Gasteiger partial charge in [0.2, 0.25) is 0 Å². The molecule has 0 N–H and O–H groups in total. The summed E-state index contributed by atoms with van der Waals surface area (Å²) in [6.45, 7) is 5.53. The van der Waals surface area contributed by atoms with E-state index in [0.717, 1.165) is 4.47 Å². The molecule has 0 bridgehead atoms. The molecule has 0 radical (unpaired) electrons. The van der Waals surface area contributed by atoms with Gasteiger partial charge in [-0.3, -0.25) is 4.79 Å². The molecule has 1 aromatic heterocycles. The second-order valence-electron chi connectivity index (χ2n) is 6.54. The van der Waals surface area contributed by atoms with Crippen LogP contribution in [-0.2, 0) is 9.53 Å². The van der Waals surface area contributed by atoms with Crippen molar-refractivity contribution in [2.24, 2.45) is 5.10 Å². The van der Waals surface area contributed by atoms with Crippen molar-refractivity contribution in [3.8, 4) is 11.5 Å². The Morgan fingerprint density at radius 1 is 1.22 bits per heavy atom. The summed E-state index contributed by atoms with van der Waals surface area (Å²) in [5.41, 5.74) is 0.866. The summed E-state index contributed by atoms with van der Waals surface area (Å²) in [5.74, 6) is 0.494. The number of rotatable bonds is 8. The van der Waals surface area contributed by atoms with Gasteiger partial charge >= 0.3 is 5.97 Å². The molecule has 1 heterocycles. The molecule has 8 nitrogen and oxygen atoms in total. The Bertz CT molecular complexity index is 1240. The number of hydrogen-bond acceptors (Lipinski definition) is 7. The summed E-state index contributed by atoms with van der Waals surface area (Å²) < 4.78 is 18.0. The molecule has 0 amide bonds. The van der Waals surface area contributed by atoms with Gasteiger partial charge in [0.15, 0.2) is 18.1 Å². The number of ether oxygens (including phenoxy) is 3. The summed E-state index contributed by atoms with van der Waals surface area (Å²) in [5, 5.41) is 4.97. The highest BCUT2D eigenvalue weighted by Crippen LogP contribution is 2.36. The standard InChI is InChI=1S/C22H21BrClN3O5/c1-4-30-19-9-14(8-17(24)21(19)32-12-20(28)31-5-2)11-25-27-13(3)26-18-7-6-15(23)10-16(18)22(27)29/h6-11H,4-5,12H2,1-3H3. The smallest absolute Gasteiger partial charge is 0.344 e. The molecule has 32 heavy (non-hydrogen) atoms. The van der Waals surface area contributed by atoms with Crippen LogP contribution in [0.1, 0.15) is 25.2 Å². The lowest BCUT2D eigenvalue weighted by Gasteiger charge is -2.14. The lowest BCUT2D eigenvalue weighted by atomic mass is 10.2. The molecule has 0 aliphatic rings. The minimum atomic E-state index is -0.512. The lowest BCUT2D eigenvalue weighted by Crippen LogP contribution is -2.20. The number of carbonyl (C=O) groups excluding carboxylic acids is 1. The zero-order valence-electron chi connectivity index (χ0n) is 17.7. The van der Waals surface area contributed by atoms with Crippen molar-refractivity contribution >= 4 is 50.6 Å². The molecule has 0 fully saturated rings. The van der Waals surface area contributed by atoms with Gasteiger partial charge in [-0.05, 0) is 56.7 Å². The molecular weight excluding hydrogens is 502 g/mol. The summed E-state index contributed by atoms with van der Waals surface area (Å²) in [4.78, 5) is 28.9. The third kappa shape index (κ3) is 5.46. The molecular formula is C22H21BrClN3O5. The van der Waals surface area contributed by atoms with E-state index in [0.29, 0.717) is 34.6 Å². The maximum Gasteiger partial charge on any atom is 0.344 e. The SMILES string of the molecule is CCOC(=O)COc1c(Cl)cc(C=Nn2c(C)nc3ccc(Br)cc3c2=O)cc1OCC. The van der Waals surface area contributed by atoms with E-state index in [-0.39, 0.29) is 29.5 Å². The van der Waals surface area contributed by atoms with Gasteiger partial charge in [-0.1, -0.05) is 27.5 Å². The third-order valence-corrected chi connectivity index (χ3v) is 5.04. The van der Waals surface area contributed by atoms with Crippen molar-refractivity contribution in [2.45, 2.75) is 20.8 Å². The van der Waals surface area contributed by atoms with Crippen LogP contribution in [0.15, 0.2) is 44.7 Å². The van der Waals surface area contributed by atoms with Crippen molar-refractivity contribution in [3.05, 3.63) is 61.6 Å². The predicted octanol–water partition coefficient (Wildman–Crippen LogP) is 4.34. The average molecular weight is 523 g/mol. The van der Waals surface area contributed by atoms with E-state index in [1.54, 1.807) is 38.1 Å². The number of hydrogen-bond donors (Lipinski definition) is 0. The molecule has 3 rings (SSSR count). The maximum absolute atomic E-state index is 12.9. The predicted molar refractivity (Wildman–Crippen MR) is 126 cm³/mol. The van der Waals surface area contributed by atoms with Gasteiger partial charge in [-0.2, -0.15) is 9.78 Å². The number of aryl methyl sites for hydroxylation is 1. The number of fused-ring (bicyclic) bond motifs is 1. The molecule has 0 saturated heterocycles. The van der Waals surface area contributed by atoms with Crippen LogP contribution in [0.4, 0.5) is 0 Å². The first-order chi connectivity index (χ1) is 15.3. The maximum atomic E-state index is 12.9. The van der Waals surface area contributed by atoms with Crippen molar-refractivity contribution in [3.63, 3.8) is 0 Å². The Kier molecular flexibility index (Phi) is 7.87. The van der Waals surface area contributed by atoms with Crippen molar-refractivity contribution < 1.29 is 19.0 Å². The summed E-state index contributed by atoms with van der Waals surface area (Å²) in [6.07, 6.45) is 1.48. The van der Waals surface area contributed by atoms with E-state index < -0.39 is 5.97 Å². The molecule has 0 atom stereocenters. The second-order valence-corrected chi connectivity index (χ2v) is 7.86. The molecule has 2 aromatic carbocycles. The minimum absolute atomic E-state index is 0.226. The van der Waals surface area contributed by atoms with Gasteiger partial charge in [-0.15, -0.1) is 0 Å². The van der Waals surface area contributed by atoms with Crippen molar-refractivity contribution in [1.82, 2.24) is 9.66 Å². The van der Waals surface area contributed by atoms with E-state index >= 15 is 0 Å². The normalized spacial score (nSPS) is 11.2. The second kappa shape index (κ2) is 10.6. The number of nitrogens with zero attached hydrogens (tertiary/aromatic N) is 3. The van der Waals surface area contributed by atoms with E-state index in [2.05, 4.69) is 26.0 Å². The van der Waals surface area contributed by atoms with Crippen LogP contribution in [0.5, 0.6) is 11.5 Å². The van der Waals surface area contributed by atoms with E-state index in [1.165, 1.54) is 10.9 Å². The van der Waals surface area contributed by atoms with Gasteiger partial charge in [0.05, 0.1) is 35.4 Å². The fourth-order valence-corrected chi connectivity index (χ4v) is 3.55. The molecule has 0 aliphatic heterocycles. The molecule has 0 saturated carbocycles. The van der Waals surface area contributed by atoms with Crippen LogP contribution in [0.2, 0.25) is 5.02 Å². The Labute approximate surface area is 197 Å². The Morgan fingerprint density at radius 2 is 2.00 bits per heavy atom. The number of halogens is 2. The van der Waals surface area contributed by atoms with Crippen LogP contribution >= 0.6 is 27.5 Å². The van der Waals surface area contributed by atoms with Gasteiger partial charge in [0.25, 0.3) is 5.56 Å². The summed E-state index contributed by atoms with van der Waals surface area (Å²) in [6, 6.07) is 8.55. The number of aromatic nitrogens is 2. The fraction of sp³-hybridized carbons (Fsp3) is 0.273. The average Bonchev–Trinajstić information content (AvgIpc) is 2.74. The zero-order valence-corrected chi connectivity index (χ0v) is 20.1. The van der Waals surface area contributed by atoms with Gasteiger partial charge in [0.1, 0.15) is 5.82 Å². The molecule has 0 spiro atoms. The monoisotopic (exact) mass is 521 g/mol. The zero-order chi connectivity index (χ0) is 23.3. The lowest BCUT2D eigenvalue weighted by molar-refractivity contribution is -0.145. The molecule has 0 unspecified atom stereocenters. The van der Waals surface area contributed by atoms with E-state index in [9.17, 15) is 9.59 Å². The first-order valence-electron chi connectivity index (χ1n) is 9.82. The first-order valence-corrected chi connectivity index (χ1v) is 11.0. The topological polar surface area (TPSA) is 92.0 Å². The number of carbonyl (C=O) groups is 1. The van der Waals surface area contributed by atoms with Crippen LogP contribution in [-0.4, -0.2) is 41.7 Å². The van der Waals surface area contributed by atoms with Crippen molar-refractivity contribution in [2.75, 3.05) is 19.8 Å². The summed E-state index contributed by atoms with van der Waals surface area (Å²) >= 11 is 9.74. The van der Waals surface area contributed by atoms with Crippen LogP contribution in [0, 0.1) is 6.92 Å². The third-order valence-electron chi connectivity index (χ3n) is 4.26. The highest BCUT2D eigenvalue weighted by atomic mass is 79.9. The first kappa shape index (κ1) is 23.7. The minimum Gasteiger partial charge on any atom is -0.490 e. The van der Waals surface area contributed by atoms with Crippen LogP contribution < -0.4 is 15.0 Å². The largest absolute Gasteiger partial charge is 0.490 e. The Balaban J connectivity index is 1.95. The van der Waals surface area contributed by atoms with Gasteiger partial charge in [0, 0.05) is 4.47 Å². The molecule has 10 heteroatoms. The highest BCUT2D eigenvalue weighted by molar-refractivity contribution is 9.10. The van der Waals surface area contributed by atoms with Crippen LogP contribution in [0.25, 0.3) is 10.9 Å². The summed E-state index contributed by atoms with van der Waals surface area (Å²) in [7, 11) is 0. The molecule has 0 aliphatic carbocycles. The van der Waals surface area contributed by atoms with E-state index in [4.69, 9.17) is 25.8 Å². The highest BCUT2D eigenvalue weighted by Gasteiger charge is 2.15. The molecule has 3 aromatic rings. The Morgan fingerprint density at radius 3 is 2.72 bits per heavy atom. The van der Waals surface area contributed by atoms with Gasteiger partial charge < -0.3 is 14.2 Å². The van der Waals surface area contributed by atoms with Crippen molar-refractivity contribution in [1.29, 1.82) is 0 Å². The fourth-order valence-electron chi connectivity index (χ4n) is 2.92. The quantitative estimate of drug-likeness (QED) is 0.323. The number of esters is 1. The van der Waals surface area contributed by atoms with E-state index in [1.807, 2.05) is 13.0 Å². The molecule has 168 valence electrons. The van der Waals surface area contributed by atoms with Gasteiger partial charge in [-0.25, -0.2) is 9.78 Å².